The third kappa shape index (κ3) is 4.10. The standard InChI is InChI=1S/C25H23N5O2/c31-20-14-15-30(16-20)19-12-10-18(11-13-19)25(32)26-22-9-5-4-8-21(22)24-27-23(28-29-24)17-6-2-1-3-7-17/h1-13,20,31H,14-16H2,(H,26,32)(H,27,28,29). The molecule has 4 aromatic rings. The number of benzene rings is 3. The lowest BCUT2D eigenvalue weighted by Gasteiger charge is -2.18. The van der Waals surface area contributed by atoms with E-state index in [4.69, 9.17) is 0 Å². The molecule has 3 aromatic carbocycles. The molecular formula is C25H23N5O2. The summed E-state index contributed by atoms with van der Waals surface area (Å²) in [5, 5.41) is 20.0. The predicted octanol–water partition coefficient (Wildman–Crippen LogP) is 3.96. The Morgan fingerprint density at radius 3 is 2.50 bits per heavy atom. The van der Waals surface area contributed by atoms with Crippen LogP contribution in [0.3, 0.4) is 0 Å². The van der Waals surface area contributed by atoms with Gasteiger partial charge in [-0.15, -0.1) is 0 Å². The van der Waals surface area contributed by atoms with Gasteiger partial charge in [-0.3, -0.25) is 9.89 Å². The molecule has 1 amide bonds. The minimum atomic E-state index is -0.284. The zero-order valence-electron chi connectivity index (χ0n) is 17.4. The molecule has 7 heteroatoms. The maximum atomic E-state index is 12.9. The smallest absolute Gasteiger partial charge is 0.255 e. The van der Waals surface area contributed by atoms with Gasteiger partial charge in [-0.25, -0.2) is 4.98 Å². The van der Waals surface area contributed by atoms with Crippen molar-refractivity contribution < 1.29 is 9.90 Å². The Kier molecular flexibility index (Phi) is 5.39. The van der Waals surface area contributed by atoms with Crippen LogP contribution in [0.25, 0.3) is 22.8 Å². The van der Waals surface area contributed by atoms with Crippen molar-refractivity contribution in [3.05, 3.63) is 84.4 Å². The average molecular weight is 425 g/mol. The van der Waals surface area contributed by atoms with Gasteiger partial charge in [0.15, 0.2) is 11.6 Å². The molecule has 0 spiro atoms. The Labute approximate surface area is 185 Å². The highest BCUT2D eigenvalue weighted by Gasteiger charge is 2.20. The molecule has 7 nitrogen and oxygen atoms in total. The third-order valence-electron chi connectivity index (χ3n) is 5.61. The number of nitrogens with zero attached hydrogens (tertiary/aromatic N) is 3. The number of aliphatic hydroxyl groups excluding tert-OH is 1. The number of amides is 1. The third-order valence-corrected chi connectivity index (χ3v) is 5.61. The van der Waals surface area contributed by atoms with Gasteiger partial charge in [0.2, 0.25) is 0 Å². The topological polar surface area (TPSA) is 94.1 Å². The van der Waals surface area contributed by atoms with E-state index in [9.17, 15) is 9.90 Å². The number of hydrogen-bond acceptors (Lipinski definition) is 5. The Hall–Kier alpha value is -3.97. The summed E-state index contributed by atoms with van der Waals surface area (Å²) in [6.07, 6.45) is 0.486. The molecule has 1 aliphatic heterocycles. The molecule has 1 fully saturated rings. The van der Waals surface area contributed by atoms with E-state index in [-0.39, 0.29) is 12.0 Å². The number of β-amino-alcohol motifs (C(OH)–C–C–N with tert-alkyl or cyclic N) is 1. The maximum absolute atomic E-state index is 12.9. The summed E-state index contributed by atoms with van der Waals surface area (Å²) in [6.45, 7) is 1.45. The van der Waals surface area contributed by atoms with Gasteiger partial charge in [-0.05, 0) is 42.8 Å². The number of rotatable bonds is 5. The second-order valence-electron chi connectivity index (χ2n) is 7.81. The summed E-state index contributed by atoms with van der Waals surface area (Å²) in [4.78, 5) is 19.6. The van der Waals surface area contributed by atoms with Crippen LogP contribution in [0.2, 0.25) is 0 Å². The maximum Gasteiger partial charge on any atom is 0.255 e. The molecule has 0 saturated carbocycles. The van der Waals surface area contributed by atoms with Crippen molar-refractivity contribution in [3.8, 4) is 22.8 Å². The number of anilines is 2. The van der Waals surface area contributed by atoms with E-state index in [2.05, 4.69) is 25.4 Å². The van der Waals surface area contributed by atoms with E-state index < -0.39 is 0 Å². The molecule has 5 rings (SSSR count). The Balaban J connectivity index is 1.34. The summed E-state index contributed by atoms with van der Waals surface area (Å²) in [7, 11) is 0. The van der Waals surface area contributed by atoms with Crippen LogP contribution >= 0.6 is 0 Å². The van der Waals surface area contributed by atoms with E-state index in [0.29, 0.717) is 29.4 Å². The Bertz CT molecular complexity index is 1220. The van der Waals surface area contributed by atoms with Crippen LogP contribution < -0.4 is 10.2 Å². The molecule has 1 aromatic heterocycles. The highest BCUT2D eigenvalue weighted by atomic mass is 16.3. The number of aromatic amines is 1. The van der Waals surface area contributed by atoms with Gasteiger partial charge >= 0.3 is 0 Å². The molecule has 0 bridgehead atoms. The lowest BCUT2D eigenvalue weighted by molar-refractivity contribution is 0.102. The molecule has 2 heterocycles. The molecule has 160 valence electrons. The van der Waals surface area contributed by atoms with Crippen LogP contribution in [0.1, 0.15) is 16.8 Å². The van der Waals surface area contributed by atoms with E-state index in [1.54, 1.807) is 12.1 Å². The van der Waals surface area contributed by atoms with E-state index >= 15 is 0 Å². The predicted molar refractivity (Wildman–Crippen MR) is 124 cm³/mol. The van der Waals surface area contributed by atoms with Gasteiger partial charge in [0.05, 0.1) is 11.8 Å². The van der Waals surface area contributed by atoms with Crippen LogP contribution in [-0.2, 0) is 0 Å². The van der Waals surface area contributed by atoms with Crippen molar-refractivity contribution in [2.24, 2.45) is 0 Å². The number of para-hydroxylation sites is 1. The molecule has 0 aliphatic carbocycles. The largest absolute Gasteiger partial charge is 0.391 e. The van der Waals surface area contributed by atoms with Gasteiger partial charge in [0.25, 0.3) is 5.91 Å². The monoisotopic (exact) mass is 425 g/mol. The van der Waals surface area contributed by atoms with E-state index in [1.165, 1.54) is 0 Å². The second kappa shape index (κ2) is 8.64. The van der Waals surface area contributed by atoms with Gasteiger partial charge in [-0.1, -0.05) is 42.5 Å². The highest BCUT2D eigenvalue weighted by molar-refractivity contribution is 6.06. The van der Waals surface area contributed by atoms with Crippen LogP contribution in [-0.4, -0.2) is 45.4 Å². The number of aliphatic hydroxyl groups is 1. The molecule has 1 atom stereocenters. The fourth-order valence-electron chi connectivity index (χ4n) is 3.89. The lowest BCUT2D eigenvalue weighted by Crippen LogP contribution is -2.21. The molecule has 3 N–H and O–H groups in total. The van der Waals surface area contributed by atoms with Crippen molar-refractivity contribution in [2.45, 2.75) is 12.5 Å². The summed E-state index contributed by atoms with van der Waals surface area (Å²) in [6, 6.07) is 24.7. The second-order valence-corrected chi connectivity index (χ2v) is 7.81. The van der Waals surface area contributed by atoms with Gasteiger partial charge < -0.3 is 15.3 Å². The summed E-state index contributed by atoms with van der Waals surface area (Å²) >= 11 is 0. The number of H-pyrrole nitrogens is 1. The van der Waals surface area contributed by atoms with Crippen molar-refractivity contribution in [2.75, 3.05) is 23.3 Å². The number of nitrogens with one attached hydrogen (secondary N) is 2. The quantitative estimate of drug-likeness (QED) is 0.450. The van der Waals surface area contributed by atoms with Crippen molar-refractivity contribution in [1.82, 2.24) is 15.2 Å². The van der Waals surface area contributed by atoms with Gasteiger partial charge in [0, 0.05) is 35.5 Å². The number of aromatic nitrogens is 3. The van der Waals surface area contributed by atoms with Gasteiger partial charge in [0.1, 0.15) is 0 Å². The minimum absolute atomic E-state index is 0.201. The zero-order chi connectivity index (χ0) is 21.9. The van der Waals surface area contributed by atoms with E-state index in [0.717, 1.165) is 29.8 Å². The van der Waals surface area contributed by atoms with E-state index in [1.807, 2.05) is 66.7 Å². The van der Waals surface area contributed by atoms with Crippen LogP contribution in [0.15, 0.2) is 78.9 Å². The van der Waals surface area contributed by atoms with Crippen molar-refractivity contribution >= 4 is 17.3 Å². The van der Waals surface area contributed by atoms with Gasteiger partial charge in [-0.2, -0.15) is 5.10 Å². The molecule has 1 aliphatic rings. The summed E-state index contributed by atoms with van der Waals surface area (Å²) in [5.41, 5.74) is 3.90. The van der Waals surface area contributed by atoms with Crippen LogP contribution in [0.5, 0.6) is 0 Å². The highest BCUT2D eigenvalue weighted by Crippen LogP contribution is 2.27. The van der Waals surface area contributed by atoms with Crippen LogP contribution in [0, 0.1) is 0 Å². The Morgan fingerprint density at radius 2 is 1.75 bits per heavy atom. The average Bonchev–Trinajstić information content (AvgIpc) is 3.50. The van der Waals surface area contributed by atoms with Crippen LogP contribution in [0.4, 0.5) is 11.4 Å². The normalized spacial score (nSPS) is 15.7. The molecule has 1 unspecified atom stereocenters. The first-order valence-electron chi connectivity index (χ1n) is 10.6. The van der Waals surface area contributed by atoms with Crippen molar-refractivity contribution in [1.29, 1.82) is 0 Å². The SMILES string of the molecule is O=C(Nc1ccccc1-c1nc(-c2ccccc2)n[nH]1)c1ccc(N2CCC(O)C2)cc1. The molecule has 32 heavy (non-hydrogen) atoms. The minimum Gasteiger partial charge on any atom is -0.391 e. The molecule has 0 radical (unpaired) electrons. The fourth-order valence-corrected chi connectivity index (χ4v) is 3.89. The molecule has 1 saturated heterocycles. The summed E-state index contributed by atoms with van der Waals surface area (Å²) < 4.78 is 0. The first-order valence-corrected chi connectivity index (χ1v) is 10.6. The fraction of sp³-hybridized carbons (Fsp3) is 0.160. The van der Waals surface area contributed by atoms with Crippen molar-refractivity contribution in [3.63, 3.8) is 0 Å². The number of carbonyl (C=O) groups is 1. The zero-order valence-corrected chi connectivity index (χ0v) is 17.4. The first-order chi connectivity index (χ1) is 15.7. The Morgan fingerprint density at radius 1 is 1.00 bits per heavy atom. The lowest BCUT2D eigenvalue weighted by atomic mass is 10.1. The summed E-state index contributed by atoms with van der Waals surface area (Å²) in [5.74, 6) is 0.986. The number of carbonyl (C=O) groups excluding carboxylic acids is 1. The molecular weight excluding hydrogens is 402 g/mol. The first kappa shape index (κ1) is 20.0. The number of hydrogen-bond donors (Lipinski definition) is 3.